The third-order valence-corrected chi connectivity index (χ3v) is 2.28. The van der Waals surface area contributed by atoms with Crippen molar-refractivity contribution >= 4 is 16.9 Å². The van der Waals surface area contributed by atoms with Crippen LogP contribution >= 0.6 is 0 Å². The zero-order valence-electron chi connectivity index (χ0n) is 10.1. The number of hydrogen-bond acceptors (Lipinski definition) is 2. The highest BCUT2D eigenvalue weighted by atomic mass is 16.5. The molecule has 17 heavy (non-hydrogen) atoms. The molecule has 0 saturated heterocycles. The number of nitrogens with one attached hydrogen (secondary N) is 1. The number of hydrogen-bond donors (Lipinski definition) is 2. The number of fused-ring (bicyclic) bond motifs is 1. The third-order valence-electron chi connectivity index (χ3n) is 2.28. The van der Waals surface area contributed by atoms with Gasteiger partial charge < -0.3 is 14.8 Å². The SMILES string of the molecule is CC(C)(C)Oc1c(C(=O)O)[nH]c2ccccc12. The summed E-state index contributed by atoms with van der Waals surface area (Å²) < 4.78 is 5.74. The molecule has 0 atom stereocenters. The third kappa shape index (κ3) is 2.25. The van der Waals surface area contributed by atoms with Gasteiger partial charge in [0.2, 0.25) is 0 Å². The standard InChI is InChI=1S/C13H15NO3/c1-13(2,3)17-11-8-6-4-5-7-9(8)14-10(11)12(15)16/h4-7,14H,1-3H3,(H,15,16). The number of carbonyl (C=O) groups is 1. The molecule has 90 valence electrons. The van der Waals surface area contributed by atoms with E-state index in [0.717, 1.165) is 10.9 Å². The molecule has 4 heteroatoms. The van der Waals surface area contributed by atoms with Gasteiger partial charge in [-0.25, -0.2) is 4.79 Å². The number of rotatable bonds is 2. The summed E-state index contributed by atoms with van der Waals surface area (Å²) in [5.74, 6) is -0.610. The lowest BCUT2D eigenvalue weighted by Gasteiger charge is -2.21. The average Bonchev–Trinajstić information content (AvgIpc) is 2.55. The number of aromatic nitrogens is 1. The number of carboxylic acid groups (broad SMARTS) is 1. The van der Waals surface area contributed by atoms with E-state index >= 15 is 0 Å². The van der Waals surface area contributed by atoms with Gasteiger partial charge in [0.15, 0.2) is 11.4 Å². The fourth-order valence-corrected chi connectivity index (χ4v) is 1.68. The molecule has 0 amide bonds. The van der Waals surface area contributed by atoms with Crippen LogP contribution in [0.15, 0.2) is 24.3 Å². The molecule has 1 heterocycles. The van der Waals surface area contributed by atoms with Crippen molar-refractivity contribution in [3.8, 4) is 5.75 Å². The monoisotopic (exact) mass is 233 g/mol. The minimum Gasteiger partial charge on any atom is -0.485 e. The van der Waals surface area contributed by atoms with Crippen LogP contribution in [0.2, 0.25) is 0 Å². The Kier molecular flexibility index (Phi) is 2.58. The number of carboxylic acids is 1. The van der Waals surface area contributed by atoms with Crippen molar-refractivity contribution in [1.29, 1.82) is 0 Å². The largest absolute Gasteiger partial charge is 0.485 e. The molecular weight excluding hydrogens is 218 g/mol. The highest BCUT2D eigenvalue weighted by molar-refractivity contribution is 6.00. The first-order valence-corrected chi connectivity index (χ1v) is 5.41. The second-order valence-electron chi connectivity index (χ2n) is 4.89. The molecule has 2 rings (SSSR count). The van der Waals surface area contributed by atoms with E-state index in [1.165, 1.54) is 0 Å². The van der Waals surface area contributed by atoms with E-state index in [9.17, 15) is 4.79 Å². The summed E-state index contributed by atoms with van der Waals surface area (Å²) >= 11 is 0. The lowest BCUT2D eigenvalue weighted by Crippen LogP contribution is -2.23. The number of para-hydroxylation sites is 1. The summed E-state index contributed by atoms with van der Waals surface area (Å²) in [7, 11) is 0. The van der Waals surface area contributed by atoms with Gasteiger partial charge in [-0.15, -0.1) is 0 Å². The summed E-state index contributed by atoms with van der Waals surface area (Å²) in [4.78, 5) is 14.0. The molecular formula is C13H15NO3. The molecule has 0 radical (unpaired) electrons. The van der Waals surface area contributed by atoms with Gasteiger partial charge in [-0.05, 0) is 32.9 Å². The normalized spacial score (nSPS) is 11.7. The van der Waals surface area contributed by atoms with Gasteiger partial charge in [0.1, 0.15) is 5.60 Å². The Labute approximate surface area is 99.2 Å². The first kappa shape index (κ1) is 11.5. The lowest BCUT2D eigenvalue weighted by atomic mass is 10.1. The van der Waals surface area contributed by atoms with E-state index in [-0.39, 0.29) is 5.69 Å². The Bertz CT molecular complexity index is 564. The zero-order chi connectivity index (χ0) is 12.6. The first-order valence-electron chi connectivity index (χ1n) is 5.41. The van der Waals surface area contributed by atoms with E-state index in [4.69, 9.17) is 9.84 Å². The van der Waals surface area contributed by atoms with Crippen molar-refractivity contribution in [3.05, 3.63) is 30.0 Å². The quantitative estimate of drug-likeness (QED) is 0.838. The molecule has 0 aliphatic heterocycles. The van der Waals surface area contributed by atoms with Crippen molar-refractivity contribution < 1.29 is 14.6 Å². The lowest BCUT2D eigenvalue weighted by molar-refractivity contribution is 0.0676. The Hall–Kier alpha value is -1.97. The van der Waals surface area contributed by atoms with Gasteiger partial charge in [0.05, 0.1) is 0 Å². The molecule has 0 aliphatic rings. The maximum absolute atomic E-state index is 11.2. The Balaban J connectivity index is 2.64. The number of aromatic amines is 1. The number of ether oxygens (including phenoxy) is 1. The number of aromatic carboxylic acids is 1. The van der Waals surface area contributed by atoms with Crippen molar-refractivity contribution in [1.82, 2.24) is 4.98 Å². The van der Waals surface area contributed by atoms with Crippen molar-refractivity contribution in [2.75, 3.05) is 0 Å². The first-order chi connectivity index (χ1) is 7.88. The fourth-order valence-electron chi connectivity index (χ4n) is 1.68. The van der Waals surface area contributed by atoms with Gasteiger partial charge in [-0.1, -0.05) is 12.1 Å². The minimum atomic E-state index is -1.01. The van der Waals surface area contributed by atoms with Gasteiger partial charge in [0.25, 0.3) is 0 Å². The molecule has 2 N–H and O–H groups in total. The predicted molar refractivity (Wildman–Crippen MR) is 65.6 cm³/mol. The molecule has 4 nitrogen and oxygen atoms in total. The molecule has 0 unspecified atom stereocenters. The van der Waals surface area contributed by atoms with Crippen LogP contribution in [-0.2, 0) is 0 Å². The van der Waals surface area contributed by atoms with Crippen molar-refractivity contribution in [2.45, 2.75) is 26.4 Å². The van der Waals surface area contributed by atoms with Crippen molar-refractivity contribution in [3.63, 3.8) is 0 Å². The maximum Gasteiger partial charge on any atom is 0.356 e. The minimum absolute atomic E-state index is 0.0983. The van der Waals surface area contributed by atoms with Crippen LogP contribution < -0.4 is 4.74 Å². The maximum atomic E-state index is 11.2. The number of benzene rings is 1. The summed E-state index contributed by atoms with van der Waals surface area (Å²) in [6.45, 7) is 5.67. The Morgan fingerprint density at radius 1 is 1.29 bits per heavy atom. The molecule has 1 aromatic heterocycles. The van der Waals surface area contributed by atoms with Gasteiger partial charge in [-0.2, -0.15) is 0 Å². The van der Waals surface area contributed by atoms with Crippen LogP contribution in [0.1, 0.15) is 31.3 Å². The average molecular weight is 233 g/mol. The van der Waals surface area contributed by atoms with Crippen LogP contribution in [-0.4, -0.2) is 21.7 Å². The molecule has 1 aromatic carbocycles. The van der Waals surface area contributed by atoms with E-state index in [1.54, 1.807) is 0 Å². The second-order valence-corrected chi connectivity index (χ2v) is 4.89. The van der Waals surface area contributed by atoms with Crippen LogP contribution in [0, 0.1) is 0 Å². The summed E-state index contributed by atoms with van der Waals surface area (Å²) in [5.41, 5.74) is 0.431. The molecule has 0 bridgehead atoms. The van der Waals surface area contributed by atoms with E-state index < -0.39 is 11.6 Å². The molecule has 0 saturated carbocycles. The summed E-state index contributed by atoms with van der Waals surface area (Å²) in [5, 5.41) is 9.94. The van der Waals surface area contributed by atoms with Gasteiger partial charge >= 0.3 is 5.97 Å². The van der Waals surface area contributed by atoms with Crippen LogP contribution in [0.3, 0.4) is 0 Å². The van der Waals surface area contributed by atoms with E-state index in [1.807, 2.05) is 45.0 Å². The highest BCUT2D eigenvalue weighted by Gasteiger charge is 2.22. The van der Waals surface area contributed by atoms with E-state index in [2.05, 4.69) is 4.98 Å². The fraction of sp³-hybridized carbons (Fsp3) is 0.308. The highest BCUT2D eigenvalue weighted by Crippen LogP contribution is 2.32. The second kappa shape index (κ2) is 3.80. The Morgan fingerprint density at radius 3 is 2.53 bits per heavy atom. The van der Waals surface area contributed by atoms with Crippen LogP contribution in [0.4, 0.5) is 0 Å². The molecule has 0 spiro atoms. The van der Waals surface area contributed by atoms with Gasteiger partial charge in [-0.3, -0.25) is 0 Å². The molecule has 0 aliphatic carbocycles. The van der Waals surface area contributed by atoms with Crippen molar-refractivity contribution in [2.24, 2.45) is 0 Å². The summed E-state index contributed by atoms with van der Waals surface area (Å²) in [6.07, 6.45) is 0. The van der Waals surface area contributed by atoms with E-state index in [0.29, 0.717) is 5.75 Å². The summed E-state index contributed by atoms with van der Waals surface area (Å²) in [6, 6.07) is 7.39. The zero-order valence-corrected chi connectivity index (χ0v) is 10.1. The Morgan fingerprint density at radius 2 is 1.94 bits per heavy atom. The van der Waals surface area contributed by atoms with Crippen LogP contribution in [0.5, 0.6) is 5.75 Å². The smallest absolute Gasteiger partial charge is 0.356 e. The van der Waals surface area contributed by atoms with Gasteiger partial charge in [0, 0.05) is 10.9 Å². The predicted octanol–water partition coefficient (Wildman–Crippen LogP) is 3.04. The molecule has 0 fully saturated rings. The van der Waals surface area contributed by atoms with Crippen LogP contribution in [0.25, 0.3) is 10.9 Å². The number of H-pyrrole nitrogens is 1. The molecule has 2 aromatic rings. The topological polar surface area (TPSA) is 62.3 Å².